The normalized spacial score (nSPS) is 25.2. The van der Waals surface area contributed by atoms with Crippen LogP contribution < -0.4 is 0 Å². The lowest BCUT2D eigenvalue weighted by Crippen LogP contribution is -2.57. The SMILES string of the molecule is CCC(=O)OC(C(C)/C=C(\C)C(=O)OC)C(C)C(OC(C)=O)C(CC(C)C(OC(=O)CC(C)C)C1CC(C)CC2(CC(C)CC(C(O)/C(C)=C/CCC(C)CC(=O)OC)O2)O1)OC(=O)CC(C)C. The fourth-order valence-corrected chi connectivity index (χ4v) is 9.79. The zero-order chi connectivity index (χ0) is 51.6. The second-order valence-corrected chi connectivity index (χ2v) is 21.0. The summed E-state index contributed by atoms with van der Waals surface area (Å²) in [7, 11) is 2.65. The molecular weight excluding hydrogens is 877 g/mol. The molecule has 0 radical (unpaired) electrons. The van der Waals surface area contributed by atoms with Gasteiger partial charge in [0.25, 0.3) is 0 Å². The van der Waals surface area contributed by atoms with Crippen molar-refractivity contribution in [3.8, 4) is 0 Å². The van der Waals surface area contributed by atoms with Gasteiger partial charge in [-0.25, -0.2) is 4.79 Å². The van der Waals surface area contributed by atoms with E-state index in [0.717, 1.165) is 12.0 Å². The molecule has 2 fully saturated rings. The van der Waals surface area contributed by atoms with Crippen LogP contribution in [-0.4, -0.2) is 104 Å². The summed E-state index contributed by atoms with van der Waals surface area (Å²) >= 11 is 0. The summed E-state index contributed by atoms with van der Waals surface area (Å²) in [5.41, 5.74) is 1.06. The molecule has 0 aromatic heterocycles. The van der Waals surface area contributed by atoms with Gasteiger partial charge in [0.15, 0.2) is 5.79 Å². The van der Waals surface area contributed by atoms with Crippen molar-refractivity contribution in [1.82, 2.24) is 0 Å². The molecule has 0 aromatic carbocycles. The van der Waals surface area contributed by atoms with Crippen molar-refractivity contribution in [3.05, 3.63) is 23.3 Å². The monoisotopic (exact) mass is 965 g/mol. The van der Waals surface area contributed by atoms with Gasteiger partial charge in [-0.1, -0.05) is 88.3 Å². The van der Waals surface area contributed by atoms with Crippen LogP contribution in [0.5, 0.6) is 0 Å². The fraction of sp³-hybridized carbons (Fsp3) is 0.811. The molecule has 1 spiro atoms. The van der Waals surface area contributed by atoms with Crippen LogP contribution in [0.1, 0.15) is 168 Å². The van der Waals surface area contributed by atoms with Gasteiger partial charge in [-0.3, -0.25) is 24.0 Å². The van der Waals surface area contributed by atoms with Gasteiger partial charge in [-0.2, -0.15) is 0 Å². The number of ether oxygens (including phenoxy) is 8. The Balaban J connectivity index is 2.66. The predicted octanol–water partition coefficient (Wildman–Crippen LogP) is 9.19. The van der Waals surface area contributed by atoms with Crippen molar-refractivity contribution >= 4 is 35.8 Å². The number of rotatable bonds is 26. The Morgan fingerprint density at radius 3 is 1.79 bits per heavy atom. The van der Waals surface area contributed by atoms with Crippen LogP contribution in [0, 0.1) is 47.3 Å². The minimum absolute atomic E-state index is 0.00585. The second kappa shape index (κ2) is 28.7. The number of aliphatic hydroxyl groups is 1. The van der Waals surface area contributed by atoms with E-state index in [9.17, 15) is 33.9 Å². The Hall–Kier alpha value is -3.82. The Labute approximate surface area is 407 Å². The summed E-state index contributed by atoms with van der Waals surface area (Å²) < 4.78 is 48.5. The Kier molecular flexibility index (Phi) is 25.5. The van der Waals surface area contributed by atoms with Crippen LogP contribution >= 0.6 is 0 Å². The van der Waals surface area contributed by atoms with E-state index in [1.54, 1.807) is 33.8 Å². The van der Waals surface area contributed by atoms with E-state index in [2.05, 4.69) is 13.8 Å². The van der Waals surface area contributed by atoms with Crippen LogP contribution in [-0.2, 0) is 66.7 Å². The average Bonchev–Trinajstić information content (AvgIpc) is 3.23. The van der Waals surface area contributed by atoms with E-state index in [-0.39, 0.29) is 66.8 Å². The van der Waals surface area contributed by atoms with E-state index >= 15 is 0 Å². The molecule has 0 aliphatic carbocycles. The second-order valence-electron chi connectivity index (χ2n) is 21.0. The third-order valence-electron chi connectivity index (χ3n) is 13.0. The Bertz CT molecular complexity index is 1700. The molecule has 390 valence electrons. The van der Waals surface area contributed by atoms with Crippen LogP contribution in [0.2, 0.25) is 0 Å². The van der Waals surface area contributed by atoms with Crippen molar-refractivity contribution in [2.24, 2.45) is 47.3 Å². The van der Waals surface area contributed by atoms with Crippen molar-refractivity contribution in [3.63, 3.8) is 0 Å². The van der Waals surface area contributed by atoms with Gasteiger partial charge < -0.3 is 43.0 Å². The molecule has 2 heterocycles. The quantitative estimate of drug-likeness (QED) is 0.0372. The number of methoxy groups -OCH3 is 2. The van der Waals surface area contributed by atoms with Crippen LogP contribution in [0.3, 0.4) is 0 Å². The van der Waals surface area contributed by atoms with Crippen molar-refractivity contribution in [2.75, 3.05) is 14.2 Å². The predicted molar refractivity (Wildman–Crippen MR) is 256 cm³/mol. The van der Waals surface area contributed by atoms with Crippen LogP contribution in [0.25, 0.3) is 0 Å². The number of carbonyl (C=O) groups excluding carboxylic acids is 6. The maximum atomic E-state index is 13.7. The van der Waals surface area contributed by atoms with E-state index in [1.807, 2.05) is 54.5 Å². The largest absolute Gasteiger partial charge is 0.469 e. The highest BCUT2D eigenvalue weighted by Crippen LogP contribution is 2.46. The summed E-state index contributed by atoms with van der Waals surface area (Å²) in [5.74, 6) is -5.76. The lowest BCUT2D eigenvalue weighted by molar-refractivity contribution is -0.347. The molecule has 2 aliphatic rings. The number of hydrogen-bond acceptors (Lipinski definition) is 15. The van der Waals surface area contributed by atoms with Gasteiger partial charge in [0, 0.05) is 62.9 Å². The van der Waals surface area contributed by atoms with Crippen LogP contribution in [0.4, 0.5) is 0 Å². The molecule has 15 nitrogen and oxygen atoms in total. The molecule has 15 heteroatoms. The van der Waals surface area contributed by atoms with Crippen molar-refractivity contribution in [1.29, 1.82) is 0 Å². The van der Waals surface area contributed by atoms with Crippen molar-refractivity contribution < 1.29 is 71.8 Å². The maximum Gasteiger partial charge on any atom is 0.333 e. The molecule has 0 amide bonds. The minimum Gasteiger partial charge on any atom is -0.469 e. The van der Waals surface area contributed by atoms with E-state index in [4.69, 9.17) is 37.9 Å². The van der Waals surface area contributed by atoms with Gasteiger partial charge in [0.05, 0.1) is 26.4 Å². The number of allylic oxidation sites excluding steroid dienone is 1. The zero-order valence-electron chi connectivity index (χ0n) is 44.3. The van der Waals surface area contributed by atoms with Gasteiger partial charge in [0.2, 0.25) is 0 Å². The molecule has 2 rings (SSSR count). The summed E-state index contributed by atoms with van der Waals surface area (Å²) in [5, 5.41) is 11.7. The van der Waals surface area contributed by atoms with E-state index < -0.39 is 96.1 Å². The topological polar surface area (TPSA) is 196 Å². The highest BCUT2D eigenvalue weighted by atomic mass is 16.7. The summed E-state index contributed by atoms with van der Waals surface area (Å²) in [4.78, 5) is 77.6. The molecule has 14 atom stereocenters. The lowest BCUT2D eigenvalue weighted by atomic mass is 9.78. The van der Waals surface area contributed by atoms with Gasteiger partial charge in [-0.05, 0) is 87.0 Å². The Morgan fingerprint density at radius 2 is 1.26 bits per heavy atom. The molecular formula is C53H88O15. The smallest absolute Gasteiger partial charge is 0.333 e. The number of carbonyl (C=O) groups is 6. The van der Waals surface area contributed by atoms with Gasteiger partial charge in [0.1, 0.15) is 30.5 Å². The average molecular weight is 965 g/mol. The molecule has 0 aromatic rings. The molecule has 0 saturated carbocycles. The summed E-state index contributed by atoms with van der Waals surface area (Å²) in [6.07, 6.45) is 1.66. The fourth-order valence-electron chi connectivity index (χ4n) is 9.79. The standard InChI is InChI=1S/C53H88O15/c1-17-44(55)65-49(36(10)26-38(12)52(60)62-16)39(13)51(63-40(14)54)42(64-46(57)21-30(2)3)27-37(11)50(66-47(58)22-31(4)5)43-24-34(8)29-53(68-43)28-33(7)23-41(67-53)48(59)35(9)20-18-19-32(6)25-45(56)61-15/h20,26,30-34,36-37,39,41-43,48-51,59H,17-19,21-25,27-29H2,1-16H3/b35-20+,38-26+. The van der Waals surface area contributed by atoms with Gasteiger partial charge >= 0.3 is 35.8 Å². The first kappa shape index (κ1) is 60.3. The number of hydrogen-bond donors (Lipinski definition) is 1. The first-order valence-corrected chi connectivity index (χ1v) is 25.0. The molecule has 14 unspecified atom stereocenters. The lowest BCUT2D eigenvalue weighted by Gasteiger charge is -2.52. The third kappa shape index (κ3) is 19.9. The molecule has 1 N–H and O–H groups in total. The van der Waals surface area contributed by atoms with Gasteiger partial charge in [-0.15, -0.1) is 0 Å². The molecule has 2 aliphatic heterocycles. The molecule has 0 bridgehead atoms. The first-order valence-electron chi connectivity index (χ1n) is 25.0. The van der Waals surface area contributed by atoms with E-state index in [1.165, 1.54) is 21.1 Å². The first-order chi connectivity index (χ1) is 31.7. The minimum atomic E-state index is -1.16. The Morgan fingerprint density at radius 1 is 0.706 bits per heavy atom. The molecule has 68 heavy (non-hydrogen) atoms. The van der Waals surface area contributed by atoms with Crippen molar-refractivity contribution in [2.45, 2.75) is 216 Å². The van der Waals surface area contributed by atoms with Crippen LogP contribution in [0.15, 0.2) is 23.3 Å². The highest BCUT2D eigenvalue weighted by Gasteiger charge is 2.52. The molecule has 2 saturated heterocycles. The van der Waals surface area contributed by atoms with E-state index in [0.29, 0.717) is 38.5 Å². The maximum absolute atomic E-state index is 13.7. The number of esters is 6. The zero-order valence-corrected chi connectivity index (χ0v) is 44.3. The highest BCUT2D eigenvalue weighted by molar-refractivity contribution is 5.87. The summed E-state index contributed by atoms with van der Waals surface area (Å²) in [6, 6.07) is 0. The number of aliphatic hydroxyl groups excluding tert-OH is 1. The summed E-state index contributed by atoms with van der Waals surface area (Å²) in [6.45, 7) is 25.6. The third-order valence-corrected chi connectivity index (χ3v) is 13.0.